The number of nitrogens with one attached hydrogen (secondary N) is 2. The number of benzene rings is 2. The molecule has 9 nitrogen and oxygen atoms in total. The van der Waals surface area contributed by atoms with Gasteiger partial charge in [-0.2, -0.15) is 0 Å². The molecule has 3 aromatic heterocycles. The Balaban J connectivity index is 1.83. The zero-order chi connectivity index (χ0) is 25.1. The van der Waals surface area contributed by atoms with E-state index in [9.17, 15) is 9.59 Å². The highest BCUT2D eigenvalue weighted by Crippen LogP contribution is 2.48. The third kappa shape index (κ3) is 3.01. The van der Waals surface area contributed by atoms with Crippen molar-refractivity contribution in [2.45, 2.75) is 38.6 Å². The summed E-state index contributed by atoms with van der Waals surface area (Å²) in [6.07, 6.45) is 4.22. The lowest BCUT2D eigenvalue weighted by molar-refractivity contribution is 0.325. The van der Waals surface area contributed by atoms with Gasteiger partial charge in [-0.05, 0) is 44.0 Å². The summed E-state index contributed by atoms with van der Waals surface area (Å²) in [4.78, 5) is 29.4. The fourth-order valence-corrected chi connectivity index (χ4v) is 5.60. The van der Waals surface area contributed by atoms with Crippen molar-refractivity contribution < 1.29 is 18.6 Å². The molecule has 0 unspecified atom stereocenters. The number of hydrogen-bond donors (Lipinski definition) is 2. The number of hydrogen-bond acceptors (Lipinski definition) is 6. The van der Waals surface area contributed by atoms with Crippen LogP contribution in [0.5, 0.6) is 17.2 Å². The van der Waals surface area contributed by atoms with Gasteiger partial charge in [-0.25, -0.2) is 0 Å². The number of rotatable bonds is 5. The molecular weight excluding hydrogens is 462 g/mol. The van der Waals surface area contributed by atoms with E-state index < -0.39 is 0 Å². The maximum absolute atomic E-state index is 13.5. The predicted molar refractivity (Wildman–Crippen MR) is 138 cm³/mol. The number of aryl methyl sites for hydroxylation is 1. The molecule has 9 heteroatoms. The summed E-state index contributed by atoms with van der Waals surface area (Å²) >= 11 is 0. The molecule has 1 saturated carbocycles. The second kappa shape index (κ2) is 8.22. The Hall–Kier alpha value is -4.14. The SMILES string of the molecule is COc1ccc(-c2c3oc4c(C)c(=O)ccc4c3[nH]c3c2c(=O)[nH]n3C2CCCC2)c(OC)c1OC. The van der Waals surface area contributed by atoms with Crippen LogP contribution in [0.1, 0.15) is 37.3 Å². The first-order valence-electron chi connectivity index (χ1n) is 12.0. The topological polar surface area (TPSA) is 111 Å². The van der Waals surface area contributed by atoms with Crippen LogP contribution in [0.2, 0.25) is 0 Å². The highest BCUT2D eigenvalue weighted by Gasteiger charge is 2.29. The van der Waals surface area contributed by atoms with Crippen LogP contribution in [-0.4, -0.2) is 36.1 Å². The molecule has 0 atom stereocenters. The fraction of sp³-hybridized carbons (Fsp3) is 0.333. The predicted octanol–water partition coefficient (Wildman–Crippen LogP) is 5.03. The van der Waals surface area contributed by atoms with Crippen LogP contribution >= 0.6 is 0 Å². The van der Waals surface area contributed by atoms with E-state index in [0.717, 1.165) is 31.1 Å². The summed E-state index contributed by atoms with van der Waals surface area (Å²) in [5.41, 5.74) is 3.70. The van der Waals surface area contributed by atoms with Gasteiger partial charge in [0, 0.05) is 22.1 Å². The first-order valence-corrected chi connectivity index (χ1v) is 12.0. The molecule has 0 bridgehead atoms. The molecule has 1 fully saturated rings. The standard InChI is InChI=1S/C27H27N3O6/c1-13-17(31)11-9-16-21-25(36-22(13)16)19(15-10-12-18(33-2)24(35-4)23(15)34-3)20-26(28-21)30(29-27(20)32)14-7-5-6-8-14/h9-12,14,28H,5-8H2,1-4H3,(H,29,32). The largest absolute Gasteiger partial charge is 0.493 e. The Bertz CT molecular complexity index is 1760. The second-order valence-electron chi connectivity index (χ2n) is 9.23. The summed E-state index contributed by atoms with van der Waals surface area (Å²) in [5.74, 6) is 1.33. The van der Waals surface area contributed by atoms with Crippen LogP contribution < -0.4 is 25.2 Å². The number of aromatic amines is 2. The lowest BCUT2D eigenvalue weighted by atomic mass is 9.99. The minimum Gasteiger partial charge on any atom is -0.493 e. The maximum atomic E-state index is 13.5. The summed E-state index contributed by atoms with van der Waals surface area (Å²) in [6, 6.07) is 7.11. The molecule has 0 amide bonds. The highest BCUT2D eigenvalue weighted by atomic mass is 16.5. The first-order chi connectivity index (χ1) is 17.5. The van der Waals surface area contributed by atoms with Crippen LogP contribution in [-0.2, 0) is 0 Å². The lowest BCUT2D eigenvalue weighted by Crippen LogP contribution is -2.10. The van der Waals surface area contributed by atoms with Gasteiger partial charge in [0.25, 0.3) is 5.56 Å². The van der Waals surface area contributed by atoms with Crippen LogP contribution in [0.25, 0.3) is 44.2 Å². The number of furan rings is 1. The van der Waals surface area contributed by atoms with Gasteiger partial charge in [-0.1, -0.05) is 12.8 Å². The van der Waals surface area contributed by atoms with Crippen molar-refractivity contribution in [1.29, 1.82) is 0 Å². The summed E-state index contributed by atoms with van der Waals surface area (Å²) in [6.45, 7) is 1.74. The number of methoxy groups -OCH3 is 3. The van der Waals surface area contributed by atoms with Crippen molar-refractivity contribution in [2.24, 2.45) is 0 Å². The molecule has 2 N–H and O–H groups in total. The van der Waals surface area contributed by atoms with E-state index in [0.29, 0.717) is 61.7 Å². The molecule has 186 valence electrons. The molecule has 5 aromatic rings. The van der Waals surface area contributed by atoms with Gasteiger partial charge in [-0.3, -0.25) is 19.4 Å². The summed E-state index contributed by atoms with van der Waals surface area (Å²) in [5, 5.41) is 4.30. The van der Waals surface area contributed by atoms with E-state index in [1.165, 1.54) is 7.11 Å². The fourth-order valence-electron chi connectivity index (χ4n) is 5.60. The minimum atomic E-state index is -0.233. The van der Waals surface area contributed by atoms with Gasteiger partial charge in [0.15, 0.2) is 22.5 Å². The quantitative estimate of drug-likeness (QED) is 0.358. The molecule has 1 aliphatic carbocycles. The molecule has 0 aliphatic heterocycles. The Labute approximate surface area is 205 Å². The van der Waals surface area contributed by atoms with Gasteiger partial charge >= 0.3 is 0 Å². The number of aromatic nitrogens is 3. The number of ether oxygens (including phenoxy) is 3. The normalized spacial score (nSPS) is 14.3. The number of nitrogens with zero attached hydrogens (tertiary/aromatic N) is 1. The van der Waals surface area contributed by atoms with Crippen molar-refractivity contribution in [2.75, 3.05) is 21.3 Å². The second-order valence-corrected chi connectivity index (χ2v) is 9.23. The highest BCUT2D eigenvalue weighted by molar-refractivity contribution is 6.15. The van der Waals surface area contributed by atoms with Crippen molar-refractivity contribution in [3.8, 4) is 28.4 Å². The number of H-pyrrole nitrogens is 2. The zero-order valence-electron chi connectivity index (χ0n) is 20.6. The Morgan fingerprint density at radius 1 is 0.944 bits per heavy atom. The van der Waals surface area contributed by atoms with Crippen molar-refractivity contribution in [3.05, 3.63) is 50.4 Å². The van der Waals surface area contributed by atoms with E-state index in [1.807, 2.05) is 10.7 Å². The number of fused-ring (bicyclic) bond motifs is 4. The monoisotopic (exact) mass is 489 g/mol. The third-order valence-corrected chi connectivity index (χ3v) is 7.37. The molecule has 1 aliphatic rings. The van der Waals surface area contributed by atoms with Crippen molar-refractivity contribution in [3.63, 3.8) is 0 Å². The van der Waals surface area contributed by atoms with E-state index in [1.54, 1.807) is 39.3 Å². The van der Waals surface area contributed by atoms with Gasteiger partial charge in [0.05, 0.1) is 38.3 Å². The lowest BCUT2D eigenvalue weighted by Gasteiger charge is -2.17. The van der Waals surface area contributed by atoms with Crippen LogP contribution in [0.3, 0.4) is 0 Å². The van der Waals surface area contributed by atoms with Gasteiger partial charge in [0.1, 0.15) is 11.2 Å². The average molecular weight is 490 g/mol. The van der Waals surface area contributed by atoms with Gasteiger partial charge < -0.3 is 23.6 Å². The van der Waals surface area contributed by atoms with Gasteiger partial charge in [-0.15, -0.1) is 0 Å². The van der Waals surface area contributed by atoms with Crippen LogP contribution in [0.4, 0.5) is 0 Å². The molecule has 0 spiro atoms. The van der Waals surface area contributed by atoms with Crippen molar-refractivity contribution >= 4 is 33.1 Å². The van der Waals surface area contributed by atoms with Crippen LogP contribution in [0.15, 0.2) is 38.3 Å². The molecule has 6 rings (SSSR count). The molecule has 36 heavy (non-hydrogen) atoms. The smallest absolute Gasteiger partial charge is 0.274 e. The first kappa shape index (κ1) is 22.3. The van der Waals surface area contributed by atoms with E-state index in [-0.39, 0.29) is 17.0 Å². The molecule has 0 radical (unpaired) electrons. The third-order valence-electron chi connectivity index (χ3n) is 7.37. The maximum Gasteiger partial charge on any atom is 0.274 e. The van der Waals surface area contributed by atoms with E-state index in [4.69, 9.17) is 18.6 Å². The Morgan fingerprint density at radius 2 is 1.69 bits per heavy atom. The molecule has 0 saturated heterocycles. The average Bonchev–Trinajstić information content (AvgIpc) is 3.62. The Morgan fingerprint density at radius 3 is 2.39 bits per heavy atom. The zero-order valence-corrected chi connectivity index (χ0v) is 20.6. The van der Waals surface area contributed by atoms with Crippen molar-refractivity contribution in [1.82, 2.24) is 14.8 Å². The minimum absolute atomic E-state index is 0.107. The summed E-state index contributed by atoms with van der Waals surface area (Å²) < 4.78 is 25.2. The Kier molecular flexibility index (Phi) is 5.10. The van der Waals surface area contributed by atoms with Crippen LogP contribution in [0, 0.1) is 6.92 Å². The molecular formula is C27H27N3O6. The molecule has 3 heterocycles. The summed E-state index contributed by atoms with van der Waals surface area (Å²) in [7, 11) is 4.64. The van der Waals surface area contributed by atoms with E-state index >= 15 is 0 Å². The van der Waals surface area contributed by atoms with E-state index in [2.05, 4.69) is 10.1 Å². The van der Waals surface area contributed by atoms with Gasteiger partial charge in [0.2, 0.25) is 5.75 Å². The number of pyridine rings is 1. The molecule has 2 aromatic carbocycles.